The highest BCUT2D eigenvalue weighted by Crippen LogP contribution is 2.35. The molecule has 0 aliphatic rings. The molecule has 0 aromatic heterocycles. The van der Waals surface area contributed by atoms with E-state index in [0.717, 1.165) is 46.5 Å². The van der Waals surface area contributed by atoms with Crippen molar-refractivity contribution in [1.29, 1.82) is 0 Å². The molecule has 0 N–H and O–H groups in total. The van der Waals surface area contributed by atoms with E-state index in [9.17, 15) is 52.8 Å². The van der Waals surface area contributed by atoms with Crippen molar-refractivity contribution < 1.29 is 70.6 Å². The van der Waals surface area contributed by atoms with Gasteiger partial charge in [-0.2, -0.15) is 43.2 Å². The summed E-state index contributed by atoms with van der Waals surface area (Å²) in [5, 5.41) is 0. The van der Waals surface area contributed by atoms with E-state index in [2.05, 4.69) is 8.37 Å². The highest BCUT2D eigenvalue weighted by molar-refractivity contribution is 7.88. The van der Waals surface area contributed by atoms with E-state index in [-0.39, 0.29) is 37.3 Å². The molecule has 0 heterocycles. The Labute approximate surface area is 281 Å². The Bertz CT molecular complexity index is 1990. The van der Waals surface area contributed by atoms with E-state index in [1.54, 1.807) is 38.1 Å². The van der Waals surface area contributed by atoms with Crippen LogP contribution in [0.15, 0.2) is 72.8 Å². The molecule has 10 nitrogen and oxygen atoms in total. The monoisotopic (exact) mass is 746 g/mol. The molecule has 18 heteroatoms. The minimum absolute atomic E-state index is 0.0890. The van der Waals surface area contributed by atoms with Crippen LogP contribution >= 0.6 is 0 Å². The minimum Gasteiger partial charge on any atom is -0.489 e. The predicted octanol–water partition coefficient (Wildman–Crippen LogP) is 7.21. The van der Waals surface area contributed by atoms with Crippen molar-refractivity contribution >= 4 is 32.8 Å². The average molecular weight is 747 g/mol. The molecule has 0 atom stereocenters. The first-order valence-electron chi connectivity index (χ1n) is 13.9. The molecule has 0 unspecified atom stereocenters. The van der Waals surface area contributed by atoms with Gasteiger partial charge in [0.05, 0.1) is 11.1 Å². The van der Waals surface area contributed by atoms with Crippen LogP contribution in [-0.2, 0) is 33.5 Å². The molecule has 0 fully saturated rings. The third-order valence-electron chi connectivity index (χ3n) is 7.16. The quantitative estimate of drug-likeness (QED) is 0.0597. The molecule has 50 heavy (non-hydrogen) atoms. The fraction of sp³-hybridized carbons (Fsp3) is 0.188. The second kappa shape index (κ2) is 14.4. The number of rotatable bonds is 13. The molecule has 0 aliphatic heterocycles. The van der Waals surface area contributed by atoms with Crippen LogP contribution in [-0.4, -0.2) is 40.4 Å². The molecule has 0 saturated heterocycles. The maximum absolute atomic E-state index is 12.8. The molecule has 4 aromatic carbocycles. The maximum atomic E-state index is 12.8. The zero-order valence-corrected chi connectivity index (χ0v) is 27.3. The highest BCUT2D eigenvalue weighted by Gasteiger charge is 2.49. The zero-order chi connectivity index (χ0) is 37.1. The standard InChI is InChI=1S/C32H24F6O10S2/c1-19-23(17-45-25-11-9-21(15-39)29(13-25)47-49(41,42)31(33,34)35)5-3-7-27(19)28-8-4-6-24(20(28)2)18-46-26-12-10-22(16-40)30(14-26)48-50(43,44)32(36,37)38/h3-16H,17-18H2,1-2H3. The number of hydrogen-bond donors (Lipinski definition) is 0. The summed E-state index contributed by atoms with van der Waals surface area (Å²) in [7, 11) is -12.1. The van der Waals surface area contributed by atoms with Crippen molar-refractivity contribution in [3.8, 4) is 34.1 Å². The molecule has 0 bridgehead atoms. The summed E-state index contributed by atoms with van der Waals surface area (Å²) in [5.41, 5.74) is -8.17. The van der Waals surface area contributed by atoms with Crippen molar-refractivity contribution in [3.05, 3.63) is 106 Å². The van der Waals surface area contributed by atoms with Gasteiger partial charge in [-0.15, -0.1) is 0 Å². The number of benzene rings is 4. The lowest BCUT2D eigenvalue weighted by Gasteiger charge is -2.17. The third-order valence-corrected chi connectivity index (χ3v) is 9.09. The fourth-order valence-corrected chi connectivity index (χ4v) is 5.41. The van der Waals surface area contributed by atoms with E-state index < -0.39 is 53.9 Å². The van der Waals surface area contributed by atoms with E-state index >= 15 is 0 Å². The molecule has 4 rings (SSSR count). The molecule has 0 spiro atoms. The average Bonchev–Trinajstić information content (AvgIpc) is 3.03. The van der Waals surface area contributed by atoms with Gasteiger partial charge in [0.15, 0.2) is 24.1 Å². The molecule has 266 valence electrons. The van der Waals surface area contributed by atoms with E-state index in [1.165, 1.54) is 12.1 Å². The molecule has 0 amide bonds. The van der Waals surface area contributed by atoms with Crippen LogP contribution in [0.5, 0.6) is 23.0 Å². The first-order chi connectivity index (χ1) is 23.3. The van der Waals surface area contributed by atoms with Crippen molar-refractivity contribution in [2.75, 3.05) is 0 Å². The zero-order valence-electron chi connectivity index (χ0n) is 25.7. The Morgan fingerprint density at radius 1 is 0.580 bits per heavy atom. The molecule has 0 radical (unpaired) electrons. The number of carbonyl (C=O) groups excluding carboxylic acids is 2. The van der Waals surface area contributed by atoms with Crippen molar-refractivity contribution in [3.63, 3.8) is 0 Å². The number of aldehydes is 2. The van der Waals surface area contributed by atoms with E-state index in [1.807, 2.05) is 12.1 Å². The van der Waals surface area contributed by atoms with Crippen LogP contribution < -0.4 is 17.8 Å². The van der Waals surface area contributed by atoms with Gasteiger partial charge >= 0.3 is 31.3 Å². The summed E-state index contributed by atoms with van der Waals surface area (Å²) >= 11 is 0. The summed E-state index contributed by atoms with van der Waals surface area (Å²) in [6.45, 7) is 3.31. The first-order valence-corrected chi connectivity index (χ1v) is 16.7. The first kappa shape index (κ1) is 37.7. The molecule has 0 saturated carbocycles. The van der Waals surface area contributed by atoms with Gasteiger partial charge in [-0.05, 0) is 71.5 Å². The Hall–Kier alpha value is -5.10. The SMILES string of the molecule is Cc1c(COc2ccc(C=O)c(OS(=O)(=O)C(F)(F)F)c2)cccc1-c1cccc(COc2ccc(C=O)c(OS(=O)(=O)C(F)(F)F)c2)c1C. The van der Waals surface area contributed by atoms with Crippen LogP contribution in [0.25, 0.3) is 11.1 Å². The van der Waals surface area contributed by atoms with Gasteiger partial charge < -0.3 is 17.8 Å². The van der Waals surface area contributed by atoms with Crippen LogP contribution in [0.3, 0.4) is 0 Å². The van der Waals surface area contributed by atoms with Gasteiger partial charge in [0.2, 0.25) is 0 Å². The lowest BCUT2D eigenvalue weighted by Crippen LogP contribution is -2.28. The normalized spacial score (nSPS) is 12.2. The van der Waals surface area contributed by atoms with Crippen LogP contribution in [0.2, 0.25) is 0 Å². The maximum Gasteiger partial charge on any atom is 0.534 e. The number of alkyl halides is 6. The predicted molar refractivity (Wildman–Crippen MR) is 165 cm³/mol. The molecular formula is C32H24F6O10S2. The van der Waals surface area contributed by atoms with Gasteiger partial charge in [0.25, 0.3) is 0 Å². The lowest BCUT2D eigenvalue weighted by atomic mass is 9.92. The Kier molecular flexibility index (Phi) is 10.9. The smallest absolute Gasteiger partial charge is 0.489 e. The van der Waals surface area contributed by atoms with Crippen LogP contribution in [0, 0.1) is 13.8 Å². The van der Waals surface area contributed by atoms with Crippen LogP contribution in [0.4, 0.5) is 26.3 Å². The second-order valence-corrected chi connectivity index (χ2v) is 13.4. The number of carbonyl (C=O) groups is 2. The number of halogens is 6. The van der Waals surface area contributed by atoms with Gasteiger partial charge in [-0.25, -0.2) is 0 Å². The lowest BCUT2D eigenvalue weighted by molar-refractivity contribution is -0.0505. The highest BCUT2D eigenvalue weighted by atomic mass is 32.2. The number of hydrogen-bond acceptors (Lipinski definition) is 10. The summed E-state index contributed by atoms with van der Waals surface area (Å²) in [4.78, 5) is 22.5. The van der Waals surface area contributed by atoms with E-state index in [0.29, 0.717) is 11.1 Å². The largest absolute Gasteiger partial charge is 0.534 e. The summed E-state index contributed by atoms with van der Waals surface area (Å²) in [5.74, 6) is -1.92. The Morgan fingerprint density at radius 2 is 0.940 bits per heavy atom. The van der Waals surface area contributed by atoms with Gasteiger partial charge in [-0.3, -0.25) is 9.59 Å². The summed E-state index contributed by atoms with van der Waals surface area (Å²) in [6, 6.07) is 16.7. The Balaban J connectivity index is 1.54. The van der Waals surface area contributed by atoms with Crippen LogP contribution in [0.1, 0.15) is 43.0 Å². The molecular weight excluding hydrogens is 722 g/mol. The van der Waals surface area contributed by atoms with Crippen molar-refractivity contribution in [2.24, 2.45) is 0 Å². The topological polar surface area (TPSA) is 139 Å². The third kappa shape index (κ3) is 8.36. The summed E-state index contributed by atoms with van der Waals surface area (Å²) in [6.07, 6.45) is 0.251. The summed E-state index contributed by atoms with van der Waals surface area (Å²) < 4.78 is 143. The minimum atomic E-state index is -6.06. The Morgan fingerprint density at radius 3 is 1.26 bits per heavy atom. The van der Waals surface area contributed by atoms with E-state index in [4.69, 9.17) is 9.47 Å². The fourth-order valence-electron chi connectivity index (χ4n) is 4.46. The van der Waals surface area contributed by atoms with Gasteiger partial charge in [0, 0.05) is 12.1 Å². The van der Waals surface area contributed by atoms with Crippen molar-refractivity contribution in [1.82, 2.24) is 0 Å². The van der Waals surface area contributed by atoms with Gasteiger partial charge in [0.1, 0.15) is 24.7 Å². The van der Waals surface area contributed by atoms with Gasteiger partial charge in [-0.1, -0.05) is 36.4 Å². The molecule has 0 aliphatic carbocycles. The second-order valence-electron chi connectivity index (χ2n) is 10.4. The van der Waals surface area contributed by atoms with Crippen molar-refractivity contribution in [2.45, 2.75) is 38.1 Å². The molecule has 4 aromatic rings. The number of ether oxygens (including phenoxy) is 2.